The molecule has 7 nitrogen and oxygen atoms in total. The predicted molar refractivity (Wildman–Crippen MR) is 128 cm³/mol. The van der Waals surface area contributed by atoms with Crippen molar-refractivity contribution in [2.24, 2.45) is 0 Å². The van der Waals surface area contributed by atoms with E-state index in [0.717, 1.165) is 71.0 Å². The van der Waals surface area contributed by atoms with Gasteiger partial charge in [-0.25, -0.2) is 4.79 Å². The maximum Gasteiger partial charge on any atom is 0.406 e. The lowest BCUT2D eigenvalue weighted by atomic mass is 9.94. The number of amides is 2. The van der Waals surface area contributed by atoms with E-state index in [0.29, 0.717) is 25.1 Å². The van der Waals surface area contributed by atoms with Gasteiger partial charge in [-0.3, -0.25) is 4.79 Å². The van der Waals surface area contributed by atoms with E-state index >= 15 is 0 Å². The van der Waals surface area contributed by atoms with Gasteiger partial charge in [0.25, 0.3) is 5.91 Å². The van der Waals surface area contributed by atoms with Gasteiger partial charge in [-0.2, -0.15) is 0 Å². The van der Waals surface area contributed by atoms with E-state index in [-0.39, 0.29) is 24.1 Å². The summed E-state index contributed by atoms with van der Waals surface area (Å²) in [6.07, 6.45) is 8.33. The highest BCUT2D eigenvalue weighted by atomic mass is 32.1. The van der Waals surface area contributed by atoms with Crippen molar-refractivity contribution >= 4 is 23.3 Å². The molecule has 2 saturated heterocycles. The minimum absolute atomic E-state index is 0.0565. The standard InChI is InChI=1S/C25H38N2O5S/c1-17(27(20-8-9-20)24(28)21-7-3-4-13-32-21)22-16-19(6-5-12-26-25(29)30-2)23(33-22)18-10-14-31-15-11-18/h16-18,20-21H,3-15H2,1-2H3,(H,26,29)/t17?,21-/m1/s1. The van der Waals surface area contributed by atoms with Crippen molar-refractivity contribution in [2.75, 3.05) is 33.5 Å². The van der Waals surface area contributed by atoms with Gasteiger partial charge in [0.2, 0.25) is 0 Å². The topological polar surface area (TPSA) is 77.1 Å². The van der Waals surface area contributed by atoms with Gasteiger partial charge in [0.1, 0.15) is 6.10 Å². The lowest BCUT2D eigenvalue weighted by Gasteiger charge is -2.33. The van der Waals surface area contributed by atoms with Gasteiger partial charge in [-0.1, -0.05) is 0 Å². The monoisotopic (exact) mass is 478 g/mol. The third kappa shape index (κ3) is 6.28. The Morgan fingerprint density at radius 1 is 1.18 bits per heavy atom. The Bertz CT molecular complexity index is 797. The summed E-state index contributed by atoms with van der Waals surface area (Å²) in [6.45, 7) is 5.08. The van der Waals surface area contributed by atoms with E-state index in [4.69, 9.17) is 9.47 Å². The average Bonchev–Trinajstić information content (AvgIpc) is 3.60. The predicted octanol–water partition coefficient (Wildman–Crippen LogP) is 4.55. The zero-order valence-corrected chi connectivity index (χ0v) is 20.8. The lowest BCUT2D eigenvalue weighted by Crippen LogP contribution is -2.44. The Kier molecular flexibility index (Phi) is 8.66. The summed E-state index contributed by atoms with van der Waals surface area (Å²) in [5, 5.41) is 2.78. The summed E-state index contributed by atoms with van der Waals surface area (Å²) in [5.41, 5.74) is 1.36. The molecule has 1 aromatic rings. The molecule has 3 fully saturated rings. The first kappa shape index (κ1) is 24.5. The Balaban J connectivity index is 1.50. The van der Waals surface area contributed by atoms with Crippen LogP contribution in [0.5, 0.6) is 0 Å². The summed E-state index contributed by atoms with van der Waals surface area (Å²) in [6, 6.07) is 2.73. The molecule has 1 N–H and O–H groups in total. The van der Waals surface area contributed by atoms with Crippen LogP contribution < -0.4 is 5.32 Å². The molecule has 1 aliphatic carbocycles. The van der Waals surface area contributed by atoms with E-state index in [1.54, 1.807) is 0 Å². The van der Waals surface area contributed by atoms with Crippen LogP contribution in [0.25, 0.3) is 0 Å². The van der Waals surface area contributed by atoms with E-state index in [2.05, 4.69) is 27.9 Å². The summed E-state index contributed by atoms with van der Waals surface area (Å²) < 4.78 is 16.1. The number of thiophene rings is 1. The van der Waals surface area contributed by atoms with Gasteiger partial charge in [0.15, 0.2) is 0 Å². The van der Waals surface area contributed by atoms with Crippen molar-refractivity contribution in [3.05, 3.63) is 21.4 Å². The maximum atomic E-state index is 13.4. The first-order valence-electron chi connectivity index (χ1n) is 12.5. The Labute approximate surface area is 201 Å². The first-order valence-corrected chi connectivity index (χ1v) is 13.4. The zero-order valence-electron chi connectivity index (χ0n) is 20.0. The normalized spacial score (nSPS) is 22.5. The SMILES string of the molecule is COC(=O)NCCCc1cc(C(C)N(C(=O)[C@H]2CCCCO2)C2CC2)sc1C1CCOCC1. The number of hydrogen-bond acceptors (Lipinski definition) is 6. The number of nitrogens with one attached hydrogen (secondary N) is 1. The fourth-order valence-electron chi connectivity index (χ4n) is 4.99. The Morgan fingerprint density at radius 2 is 1.97 bits per heavy atom. The molecular weight excluding hydrogens is 440 g/mol. The summed E-state index contributed by atoms with van der Waals surface area (Å²) >= 11 is 1.88. The molecule has 0 spiro atoms. The van der Waals surface area contributed by atoms with Crippen LogP contribution in [0.15, 0.2) is 6.07 Å². The van der Waals surface area contributed by atoms with Crippen molar-refractivity contribution in [3.63, 3.8) is 0 Å². The zero-order chi connectivity index (χ0) is 23.2. The highest BCUT2D eigenvalue weighted by Crippen LogP contribution is 2.42. The van der Waals surface area contributed by atoms with Crippen molar-refractivity contribution < 1.29 is 23.8 Å². The van der Waals surface area contributed by atoms with Gasteiger partial charge < -0.3 is 24.4 Å². The third-order valence-corrected chi connectivity index (χ3v) is 8.52. The molecule has 3 heterocycles. The Hall–Kier alpha value is -1.64. The molecule has 2 amide bonds. The number of rotatable bonds is 9. The number of nitrogens with zero attached hydrogens (tertiary/aromatic N) is 1. The van der Waals surface area contributed by atoms with Crippen molar-refractivity contribution in [1.29, 1.82) is 0 Å². The van der Waals surface area contributed by atoms with Gasteiger partial charge >= 0.3 is 6.09 Å². The van der Waals surface area contributed by atoms with Crippen molar-refractivity contribution in [3.8, 4) is 0 Å². The van der Waals surface area contributed by atoms with E-state index in [9.17, 15) is 9.59 Å². The van der Waals surface area contributed by atoms with Crippen LogP contribution >= 0.6 is 11.3 Å². The van der Waals surface area contributed by atoms with Crippen LogP contribution in [0.2, 0.25) is 0 Å². The third-order valence-electron chi connectivity index (χ3n) is 7.01. The molecular formula is C25H38N2O5S. The number of methoxy groups -OCH3 is 1. The highest BCUT2D eigenvalue weighted by Gasteiger charge is 2.40. The molecule has 33 heavy (non-hydrogen) atoms. The molecule has 2 aliphatic heterocycles. The van der Waals surface area contributed by atoms with Crippen LogP contribution in [0.4, 0.5) is 4.79 Å². The second kappa shape index (κ2) is 11.7. The summed E-state index contributed by atoms with van der Waals surface area (Å²) in [7, 11) is 1.39. The number of aryl methyl sites for hydroxylation is 1. The summed E-state index contributed by atoms with van der Waals surface area (Å²) in [4.78, 5) is 29.6. The molecule has 1 unspecified atom stereocenters. The molecule has 184 valence electrons. The van der Waals surface area contributed by atoms with Gasteiger partial charge in [-0.15, -0.1) is 11.3 Å². The number of carbonyl (C=O) groups excluding carboxylic acids is 2. The quantitative estimate of drug-likeness (QED) is 0.527. The van der Waals surface area contributed by atoms with Crippen LogP contribution in [0.1, 0.15) is 85.6 Å². The van der Waals surface area contributed by atoms with Crippen LogP contribution in [0.3, 0.4) is 0 Å². The molecule has 2 atom stereocenters. The van der Waals surface area contributed by atoms with E-state index < -0.39 is 0 Å². The molecule has 0 radical (unpaired) electrons. The highest BCUT2D eigenvalue weighted by molar-refractivity contribution is 7.12. The minimum atomic E-state index is -0.386. The van der Waals surface area contributed by atoms with Crippen molar-refractivity contribution in [2.45, 2.75) is 88.8 Å². The van der Waals surface area contributed by atoms with Crippen LogP contribution in [-0.4, -0.2) is 62.5 Å². The average molecular weight is 479 g/mol. The summed E-state index contributed by atoms with van der Waals surface area (Å²) in [5.74, 6) is 0.689. The molecule has 1 saturated carbocycles. The maximum absolute atomic E-state index is 13.4. The van der Waals surface area contributed by atoms with Crippen molar-refractivity contribution in [1.82, 2.24) is 10.2 Å². The van der Waals surface area contributed by atoms with Gasteiger partial charge in [0.05, 0.1) is 13.2 Å². The minimum Gasteiger partial charge on any atom is -0.453 e. The largest absolute Gasteiger partial charge is 0.453 e. The van der Waals surface area contributed by atoms with Gasteiger partial charge in [-0.05, 0) is 82.3 Å². The molecule has 0 aromatic carbocycles. The Morgan fingerprint density at radius 3 is 2.64 bits per heavy atom. The molecule has 1 aromatic heterocycles. The fourth-order valence-corrected chi connectivity index (χ4v) is 6.43. The van der Waals surface area contributed by atoms with E-state index in [1.165, 1.54) is 22.4 Å². The molecule has 0 bridgehead atoms. The fraction of sp³-hybridized carbons (Fsp3) is 0.760. The number of ether oxygens (including phenoxy) is 3. The number of hydrogen-bond donors (Lipinski definition) is 1. The number of alkyl carbamates (subject to hydrolysis) is 1. The second-order valence-corrected chi connectivity index (χ2v) is 10.6. The second-order valence-electron chi connectivity index (χ2n) is 9.45. The molecule has 3 aliphatic rings. The molecule has 8 heteroatoms. The first-order chi connectivity index (χ1) is 16.1. The molecule has 4 rings (SSSR count). The smallest absolute Gasteiger partial charge is 0.406 e. The lowest BCUT2D eigenvalue weighted by molar-refractivity contribution is -0.149. The van der Waals surface area contributed by atoms with Crippen LogP contribution in [-0.2, 0) is 25.4 Å². The van der Waals surface area contributed by atoms with Gasteiger partial charge in [0, 0.05) is 42.2 Å². The van der Waals surface area contributed by atoms with E-state index in [1.807, 2.05) is 11.3 Å². The number of carbonyl (C=O) groups is 2. The van der Waals surface area contributed by atoms with Crippen LogP contribution in [0, 0.1) is 0 Å².